The molecule has 2 aromatic rings. The number of aromatic nitrogens is 2. The number of anilines is 2. The Hall–Kier alpha value is -2.43. The molecule has 1 N–H and O–H groups in total. The van der Waals surface area contributed by atoms with E-state index in [4.69, 9.17) is 0 Å². The van der Waals surface area contributed by atoms with Gasteiger partial charge >= 0.3 is 0 Å². The monoisotopic (exact) mass is 322 g/mol. The zero-order valence-corrected chi connectivity index (χ0v) is 13.7. The minimum atomic E-state index is -0.0675. The van der Waals surface area contributed by atoms with Crippen LogP contribution in [0.4, 0.5) is 11.5 Å². The van der Waals surface area contributed by atoms with Crippen LogP contribution in [-0.4, -0.2) is 28.7 Å². The maximum absolute atomic E-state index is 12.8. The molecule has 1 aliphatic heterocycles. The number of fused-ring (bicyclic) bond motifs is 1. The second kappa shape index (κ2) is 6.59. The van der Waals surface area contributed by atoms with Crippen molar-refractivity contribution in [3.8, 4) is 0 Å². The number of para-hydroxylation sites is 1. The first-order chi connectivity index (χ1) is 11.8. The summed E-state index contributed by atoms with van der Waals surface area (Å²) in [5.41, 5.74) is 2.64. The van der Waals surface area contributed by atoms with Crippen molar-refractivity contribution >= 4 is 17.4 Å². The zero-order valence-electron chi connectivity index (χ0n) is 13.7. The molecule has 124 valence electrons. The summed E-state index contributed by atoms with van der Waals surface area (Å²) in [6, 6.07) is 12.2. The van der Waals surface area contributed by atoms with Gasteiger partial charge in [-0.05, 0) is 49.4 Å². The van der Waals surface area contributed by atoms with Gasteiger partial charge in [0.2, 0.25) is 0 Å². The fraction of sp³-hybridized carbons (Fsp3) is 0.421. The van der Waals surface area contributed by atoms with Gasteiger partial charge in [0.1, 0.15) is 5.82 Å². The van der Waals surface area contributed by atoms with E-state index in [0.29, 0.717) is 11.7 Å². The van der Waals surface area contributed by atoms with Gasteiger partial charge in [-0.3, -0.25) is 4.79 Å². The number of aryl methyl sites for hydroxylation is 1. The number of nitrogens with one attached hydrogen (secondary N) is 1. The molecule has 5 heteroatoms. The lowest BCUT2D eigenvalue weighted by Gasteiger charge is -2.29. The molecular weight excluding hydrogens is 300 g/mol. The number of amides is 1. The molecule has 0 unspecified atom stereocenters. The molecule has 1 aliphatic carbocycles. The fourth-order valence-corrected chi connectivity index (χ4v) is 3.69. The third kappa shape index (κ3) is 2.98. The molecule has 1 saturated carbocycles. The van der Waals surface area contributed by atoms with Gasteiger partial charge < -0.3 is 10.2 Å². The number of hydrogen-bond donors (Lipinski definition) is 1. The summed E-state index contributed by atoms with van der Waals surface area (Å²) in [6.45, 7) is 0.736. The molecule has 0 saturated heterocycles. The van der Waals surface area contributed by atoms with Crippen LogP contribution in [0.3, 0.4) is 0 Å². The summed E-state index contributed by atoms with van der Waals surface area (Å²) in [5, 5.41) is 11.8. The Balaban J connectivity index is 1.50. The van der Waals surface area contributed by atoms with Crippen LogP contribution in [0, 0.1) is 0 Å². The van der Waals surface area contributed by atoms with Crippen molar-refractivity contribution in [2.75, 3.05) is 16.8 Å². The normalized spacial score (nSPS) is 17.6. The number of carbonyl (C=O) groups is 1. The Labute approximate surface area is 142 Å². The first kappa shape index (κ1) is 15.1. The number of rotatable bonds is 3. The highest BCUT2D eigenvalue weighted by atomic mass is 16.2. The maximum atomic E-state index is 12.8. The van der Waals surface area contributed by atoms with E-state index in [1.165, 1.54) is 31.2 Å². The smallest absolute Gasteiger partial charge is 0.278 e. The van der Waals surface area contributed by atoms with E-state index >= 15 is 0 Å². The highest BCUT2D eigenvalue weighted by Crippen LogP contribution is 2.28. The summed E-state index contributed by atoms with van der Waals surface area (Å²) < 4.78 is 0. The van der Waals surface area contributed by atoms with Crippen molar-refractivity contribution in [1.82, 2.24) is 10.2 Å². The van der Waals surface area contributed by atoms with E-state index in [-0.39, 0.29) is 5.91 Å². The highest BCUT2D eigenvalue weighted by molar-refractivity contribution is 6.05. The standard InChI is InChI=1S/C19H22N4O/c24-19(23-13-5-7-14-6-1-4-10-17(14)23)16-11-12-18(22-21-16)20-15-8-2-3-9-15/h1,4,6,10-12,15H,2-3,5,7-9,13H2,(H,20,22). The molecule has 0 spiro atoms. The van der Waals surface area contributed by atoms with E-state index in [0.717, 1.165) is 30.9 Å². The van der Waals surface area contributed by atoms with Gasteiger partial charge in [-0.15, -0.1) is 10.2 Å². The summed E-state index contributed by atoms with van der Waals surface area (Å²) in [4.78, 5) is 14.6. The van der Waals surface area contributed by atoms with Crippen LogP contribution in [0.15, 0.2) is 36.4 Å². The summed E-state index contributed by atoms with van der Waals surface area (Å²) in [7, 11) is 0. The first-order valence-electron chi connectivity index (χ1n) is 8.81. The lowest BCUT2D eigenvalue weighted by atomic mass is 10.0. The molecule has 24 heavy (non-hydrogen) atoms. The lowest BCUT2D eigenvalue weighted by molar-refractivity contribution is 0.0979. The second-order valence-electron chi connectivity index (χ2n) is 6.62. The van der Waals surface area contributed by atoms with Crippen molar-refractivity contribution in [2.24, 2.45) is 0 Å². The maximum Gasteiger partial charge on any atom is 0.278 e. The van der Waals surface area contributed by atoms with Crippen LogP contribution in [0.2, 0.25) is 0 Å². The van der Waals surface area contributed by atoms with Crippen LogP contribution in [0.25, 0.3) is 0 Å². The van der Waals surface area contributed by atoms with Crippen LogP contribution < -0.4 is 10.2 Å². The van der Waals surface area contributed by atoms with Crippen molar-refractivity contribution in [2.45, 2.75) is 44.6 Å². The van der Waals surface area contributed by atoms with E-state index in [2.05, 4.69) is 21.6 Å². The van der Waals surface area contributed by atoms with Gasteiger partial charge in [-0.1, -0.05) is 31.0 Å². The number of nitrogens with zero attached hydrogens (tertiary/aromatic N) is 3. The van der Waals surface area contributed by atoms with Gasteiger partial charge in [-0.25, -0.2) is 0 Å². The zero-order chi connectivity index (χ0) is 16.4. The van der Waals surface area contributed by atoms with Gasteiger partial charge in [-0.2, -0.15) is 0 Å². The molecule has 5 nitrogen and oxygen atoms in total. The summed E-state index contributed by atoms with van der Waals surface area (Å²) in [5.74, 6) is 0.694. The third-order valence-electron chi connectivity index (χ3n) is 4.95. The Morgan fingerprint density at radius 1 is 1.04 bits per heavy atom. The summed E-state index contributed by atoms with van der Waals surface area (Å²) in [6.07, 6.45) is 6.93. The molecule has 2 heterocycles. The SMILES string of the molecule is O=C(c1ccc(NC2CCCC2)nn1)N1CCCc2ccccc21. The molecular formula is C19H22N4O. The van der Waals surface area contributed by atoms with Crippen LogP contribution >= 0.6 is 0 Å². The average molecular weight is 322 g/mol. The number of carbonyl (C=O) groups excluding carboxylic acids is 1. The molecule has 1 amide bonds. The van der Waals surface area contributed by atoms with Crippen molar-refractivity contribution in [1.29, 1.82) is 0 Å². The van der Waals surface area contributed by atoms with Gasteiger partial charge in [0.05, 0.1) is 0 Å². The first-order valence-corrected chi connectivity index (χ1v) is 8.81. The largest absolute Gasteiger partial charge is 0.366 e. The Morgan fingerprint density at radius 2 is 1.88 bits per heavy atom. The highest BCUT2D eigenvalue weighted by Gasteiger charge is 2.24. The molecule has 4 rings (SSSR count). The van der Waals surface area contributed by atoms with E-state index < -0.39 is 0 Å². The predicted octanol–water partition coefficient (Wildman–Crippen LogP) is 3.42. The predicted molar refractivity (Wildman–Crippen MR) is 94.4 cm³/mol. The van der Waals surface area contributed by atoms with E-state index in [9.17, 15) is 4.79 Å². The fourth-order valence-electron chi connectivity index (χ4n) is 3.69. The Bertz CT molecular complexity index is 722. The van der Waals surface area contributed by atoms with E-state index in [1.54, 1.807) is 6.07 Å². The lowest BCUT2D eigenvalue weighted by Crippen LogP contribution is -2.36. The Kier molecular flexibility index (Phi) is 4.15. The molecule has 1 aromatic heterocycles. The minimum Gasteiger partial charge on any atom is -0.366 e. The van der Waals surface area contributed by atoms with Crippen molar-refractivity contribution < 1.29 is 4.79 Å². The van der Waals surface area contributed by atoms with Gasteiger partial charge in [0.25, 0.3) is 5.91 Å². The molecule has 1 aromatic carbocycles. The summed E-state index contributed by atoms with van der Waals surface area (Å²) >= 11 is 0. The quantitative estimate of drug-likeness (QED) is 0.940. The van der Waals surface area contributed by atoms with Crippen LogP contribution in [0.5, 0.6) is 0 Å². The topological polar surface area (TPSA) is 58.1 Å². The molecule has 1 fully saturated rings. The average Bonchev–Trinajstić information content (AvgIpc) is 3.14. The van der Waals surface area contributed by atoms with E-state index in [1.807, 2.05) is 29.2 Å². The van der Waals surface area contributed by atoms with Gasteiger partial charge in [0.15, 0.2) is 5.69 Å². The van der Waals surface area contributed by atoms with Crippen molar-refractivity contribution in [3.05, 3.63) is 47.7 Å². The van der Waals surface area contributed by atoms with Gasteiger partial charge in [0, 0.05) is 18.3 Å². The van der Waals surface area contributed by atoms with Crippen LogP contribution in [0.1, 0.15) is 48.2 Å². The molecule has 0 bridgehead atoms. The van der Waals surface area contributed by atoms with Crippen LogP contribution in [-0.2, 0) is 6.42 Å². The third-order valence-corrected chi connectivity index (χ3v) is 4.95. The number of hydrogen-bond acceptors (Lipinski definition) is 4. The molecule has 2 aliphatic rings. The number of benzene rings is 1. The minimum absolute atomic E-state index is 0.0675. The molecule has 0 radical (unpaired) electrons. The second-order valence-corrected chi connectivity index (χ2v) is 6.62. The Morgan fingerprint density at radius 3 is 2.67 bits per heavy atom. The van der Waals surface area contributed by atoms with Crippen molar-refractivity contribution in [3.63, 3.8) is 0 Å². The molecule has 0 atom stereocenters.